The molecule has 1 atom stereocenters. The van der Waals surface area contributed by atoms with Crippen molar-refractivity contribution < 1.29 is 0 Å². The van der Waals surface area contributed by atoms with Crippen molar-refractivity contribution in [3.63, 3.8) is 0 Å². The molecule has 0 bridgehead atoms. The minimum absolute atomic E-state index is 0.125. The minimum Gasteiger partial charge on any atom is -0.359 e. The Morgan fingerprint density at radius 1 is 0.353 bits per heavy atom. The Labute approximate surface area is 399 Å². The molecule has 3 heterocycles. The number of benzene rings is 10. The van der Waals surface area contributed by atoms with E-state index < -0.39 is 0 Å². The van der Waals surface area contributed by atoms with E-state index in [1.54, 1.807) is 0 Å². The first-order valence-electron chi connectivity index (χ1n) is 23.2. The third kappa shape index (κ3) is 7.19. The van der Waals surface area contributed by atoms with E-state index in [0.717, 1.165) is 44.9 Å². The quantitative estimate of drug-likeness (QED) is 0.162. The van der Waals surface area contributed by atoms with E-state index in [1.807, 2.05) is 11.3 Å². The lowest BCUT2D eigenvalue weighted by molar-refractivity contribution is 0.780. The summed E-state index contributed by atoms with van der Waals surface area (Å²) >= 11 is 1.86. The topological polar surface area (TPSA) is 29.3 Å². The van der Waals surface area contributed by atoms with Crippen molar-refractivity contribution in [1.29, 1.82) is 0 Å². The van der Waals surface area contributed by atoms with Gasteiger partial charge in [-0.1, -0.05) is 188 Å². The second-order valence-electron chi connectivity index (χ2n) is 17.6. The Kier molecular flexibility index (Phi) is 9.76. The molecule has 1 aliphatic heterocycles. The second kappa shape index (κ2) is 16.7. The van der Waals surface area contributed by atoms with Crippen LogP contribution in [0.25, 0.3) is 97.9 Å². The summed E-state index contributed by atoms with van der Waals surface area (Å²) in [6.45, 7) is 0. The molecule has 0 fully saturated rings. The predicted molar refractivity (Wildman–Crippen MR) is 289 cm³/mol. The van der Waals surface area contributed by atoms with Crippen LogP contribution in [0.15, 0.2) is 254 Å². The molecule has 13 rings (SSSR count). The van der Waals surface area contributed by atoms with Crippen LogP contribution in [0.4, 0.5) is 0 Å². The third-order valence-electron chi connectivity index (χ3n) is 13.5. The summed E-state index contributed by atoms with van der Waals surface area (Å²) in [5.74, 6) is 0.855. The molecule has 0 saturated heterocycles. The molecule has 68 heavy (non-hydrogen) atoms. The van der Waals surface area contributed by atoms with Crippen LogP contribution >= 0.6 is 11.3 Å². The maximum Gasteiger partial charge on any atom is 0.134 e. The largest absolute Gasteiger partial charge is 0.359 e. The summed E-state index contributed by atoms with van der Waals surface area (Å²) < 4.78 is 5.08. The predicted octanol–water partition coefficient (Wildman–Crippen LogP) is 17.0. The standard InChI is InChI=1S/C64H43N3S/c1-4-13-42(14-5-1)44-23-25-46(26-24-44)49-31-34-60-55(38-49)56-39-50(51-33-36-63-57(40-51)54-21-10-11-22-62(54)68-63)32-35-61(56)67(60)53-20-12-19-52(37-53)59-41-58(65-64(66-59)48-17-8-3-9-18-48)47-29-27-45(28-30-47)43-15-6-2-7-16-43/h1-41,59H,(H,65,66). The number of hydrogen-bond donors (Lipinski definition) is 1. The molecule has 320 valence electrons. The number of nitrogens with one attached hydrogen (secondary N) is 1. The van der Waals surface area contributed by atoms with E-state index in [1.165, 1.54) is 75.5 Å². The summed E-state index contributed by atoms with van der Waals surface area (Å²) in [7, 11) is 0. The Morgan fingerprint density at radius 2 is 0.824 bits per heavy atom. The van der Waals surface area contributed by atoms with E-state index in [2.05, 4.69) is 259 Å². The monoisotopic (exact) mass is 885 g/mol. The number of fused-ring (bicyclic) bond motifs is 6. The summed E-state index contributed by atoms with van der Waals surface area (Å²) in [5.41, 5.74) is 17.3. The first kappa shape index (κ1) is 39.8. The first-order valence-corrected chi connectivity index (χ1v) is 24.0. The van der Waals surface area contributed by atoms with Crippen LogP contribution in [0, 0.1) is 0 Å². The number of aliphatic imine (C=N–C) groups is 1. The SMILES string of the molecule is C1=C(c2ccc(-c3ccccc3)cc2)N=C(c2ccccc2)NC1c1cccc(-n2c3ccc(-c4ccc(-c5ccccc5)cc4)cc3c3cc(-c4ccc5sc6ccccc6c5c4)ccc32)c1. The van der Waals surface area contributed by atoms with E-state index in [9.17, 15) is 0 Å². The maximum absolute atomic E-state index is 5.23. The molecular formula is C64H43N3S. The van der Waals surface area contributed by atoms with E-state index in [-0.39, 0.29) is 6.04 Å². The lowest BCUT2D eigenvalue weighted by atomic mass is 9.98. The fourth-order valence-corrected chi connectivity index (χ4v) is 11.1. The van der Waals surface area contributed by atoms with Crippen LogP contribution in [0.3, 0.4) is 0 Å². The van der Waals surface area contributed by atoms with Crippen molar-refractivity contribution in [3.05, 3.63) is 265 Å². The van der Waals surface area contributed by atoms with E-state index in [4.69, 9.17) is 4.99 Å². The highest BCUT2D eigenvalue weighted by Gasteiger charge is 2.22. The van der Waals surface area contributed by atoms with E-state index >= 15 is 0 Å². The number of amidine groups is 1. The van der Waals surface area contributed by atoms with Gasteiger partial charge in [0.15, 0.2) is 0 Å². The van der Waals surface area contributed by atoms with Gasteiger partial charge in [-0.3, -0.25) is 0 Å². The van der Waals surface area contributed by atoms with Crippen LogP contribution in [0.2, 0.25) is 0 Å². The Bertz CT molecular complexity index is 3900. The molecule has 0 saturated carbocycles. The molecule has 1 N–H and O–H groups in total. The molecular weight excluding hydrogens is 843 g/mol. The van der Waals surface area contributed by atoms with Crippen LogP contribution in [0.1, 0.15) is 22.7 Å². The fraction of sp³-hybridized carbons (Fsp3) is 0.0156. The van der Waals surface area contributed by atoms with Crippen LogP contribution in [0.5, 0.6) is 0 Å². The van der Waals surface area contributed by atoms with Crippen molar-refractivity contribution >= 4 is 64.8 Å². The van der Waals surface area contributed by atoms with Crippen LogP contribution in [-0.2, 0) is 0 Å². The molecule has 1 aliphatic rings. The van der Waals surface area contributed by atoms with Crippen molar-refractivity contribution in [2.45, 2.75) is 6.04 Å². The van der Waals surface area contributed by atoms with E-state index in [0.29, 0.717) is 0 Å². The Morgan fingerprint density at radius 3 is 1.46 bits per heavy atom. The maximum atomic E-state index is 5.23. The summed E-state index contributed by atoms with van der Waals surface area (Å²) in [5, 5.41) is 8.88. The fourth-order valence-electron chi connectivity index (χ4n) is 9.99. The summed E-state index contributed by atoms with van der Waals surface area (Å²) in [6.07, 6.45) is 2.27. The molecule has 3 nitrogen and oxygen atoms in total. The average Bonchev–Trinajstić information content (AvgIpc) is 3.96. The van der Waals surface area contributed by atoms with Gasteiger partial charge in [-0.15, -0.1) is 11.3 Å². The molecule has 0 aliphatic carbocycles. The summed E-state index contributed by atoms with van der Waals surface area (Å²) in [6, 6.07) is 87.9. The van der Waals surface area contributed by atoms with Gasteiger partial charge in [0.1, 0.15) is 5.84 Å². The van der Waals surface area contributed by atoms with Gasteiger partial charge in [0.2, 0.25) is 0 Å². The van der Waals surface area contributed by atoms with Crippen molar-refractivity contribution in [2.24, 2.45) is 4.99 Å². The molecule has 2 aromatic heterocycles. The highest BCUT2D eigenvalue weighted by atomic mass is 32.1. The number of nitrogens with zero attached hydrogens (tertiary/aromatic N) is 2. The molecule has 12 aromatic rings. The second-order valence-corrected chi connectivity index (χ2v) is 18.7. The zero-order chi connectivity index (χ0) is 45.0. The van der Waals surface area contributed by atoms with Gasteiger partial charge in [-0.2, -0.15) is 0 Å². The van der Waals surface area contributed by atoms with Gasteiger partial charge in [0, 0.05) is 42.2 Å². The molecule has 0 amide bonds. The number of aromatic nitrogens is 1. The number of rotatable bonds is 8. The molecule has 4 heteroatoms. The minimum atomic E-state index is -0.125. The van der Waals surface area contributed by atoms with Crippen LogP contribution < -0.4 is 5.32 Å². The zero-order valence-corrected chi connectivity index (χ0v) is 37.9. The van der Waals surface area contributed by atoms with Crippen molar-refractivity contribution in [2.75, 3.05) is 0 Å². The molecule has 0 spiro atoms. The lowest BCUT2D eigenvalue weighted by Gasteiger charge is -2.25. The van der Waals surface area contributed by atoms with Gasteiger partial charge < -0.3 is 9.88 Å². The third-order valence-corrected chi connectivity index (χ3v) is 14.6. The van der Waals surface area contributed by atoms with Gasteiger partial charge in [-0.05, 0) is 116 Å². The Hall–Kier alpha value is -8.57. The normalized spacial score (nSPS) is 13.7. The van der Waals surface area contributed by atoms with Crippen molar-refractivity contribution in [1.82, 2.24) is 9.88 Å². The van der Waals surface area contributed by atoms with Crippen LogP contribution in [-0.4, -0.2) is 10.4 Å². The first-order chi connectivity index (χ1) is 33.7. The van der Waals surface area contributed by atoms with Gasteiger partial charge in [0.25, 0.3) is 0 Å². The molecule has 1 unspecified atom stereocenters. The van der Waals surface area contributed by atoms with Gasteiger partial charge in [0.05, 0.1) is 22.8 Å². The highest BCUT2D eigenvalue weighted by molar-refractivity contribution is 7.25. The number of hydrogen-bond acceptors (Lipinski definition) is 3. The van der Waals surface area contributed by atoms with Crippen molar-refractivity contribution in [3.8, 4) is 50.2 Å². The molecule has 10 aromatic carbocycles. The smallest absolute Gasteiger partial charge is 0.134 e. The van der Waals surface area contributed by atoms with Gasteiger partial charge >= 0.3 is 0 Å². The average molecular weight is 886 g/mol. The molecule has 0 radical (unpaired) electrons. The zero-order valence-electron chi connectivity index (χ0n) is 37.1. The van der Waals surface area contributed by atoms with Gasteiger partial charge in [-0.25, -0.2) is 4.99 Å². The lowest BCUT2D eigenvalue weighted by Crippen LogP contribution is -2.31. The number of thiophene rings is 1. The highest BCUT2D eigenvalue weighted by Crippen LogP contribution is 2.41. The summed E-state index contributed by atoms with van der Waals surface area (Å²) in [4.78, 5) is 5.23. The Balaban J connectivity index is 0.933.